The van der Waals surface area contributed by atoms with Crippen molar-refractivity contribution >= 4 is 5.91 Å². The van der Waals surface area contributed by atoms with Gasteiger partial charge in [-0.05, 0) is 24.6 Å². The summed E-state index contributed by atoms with van der Waals surface area (Å²) in [6.07, 6.45) is 0. The summed E-state index contributed by atoms with van der Waals surface area (Å²) in [6.45, 7) is 4.17. The van der Waals surface area contributed by atoms with Crippen molar-refractivity contribution < 1.29 is 18.3 Å². The van der Waals surface area contributed by atoms with Gasteiger partial charge in [-0.15, -0.1) is 0 Å². The molecule has 1 N–H and O–H groups in total. The predicted octanol–water partition coefficient (Wildman–Crippen LogP) is 1.30. The molecule has 0 aliphatic carbocycles. The fourth-order valence-electron chi connectivity index (χ4n) is 2.15. The number of carbonyl (C=O) groups is 1. The van der Waals surface area contributed by atoms with Crippen molar-refractivity contribution in [2.24, 2.45) is 0 Å². The molecular formula is C14H18F2N2O2. The van der Waals surface area contributed by atoms with Crippen LogP contribution in [-0.4, -0.2) is 43.2 Å². The third-order valence-corrected chi connectivity index (χ3v) is 3.27. The summed E-state index contributed by atoms with van der Waals surface area (Å²) < 4.78 is 31.3. The van der Waals surface area contributed by atoms with Crippen molar-refractivity contribution in [2.45, 2.75) is 19.5 Å². The van der Waals surface area contributed by atoms with Crippen molar-refractivity contribution in [1.29, 1.82) is 0 Å². The summed E-state index contributed by atoms with van der Waals surface area (Å²) in [6, 6.07) is 3.31. The van der Waals surface area contributed by atoms with Crippen LogP contribution in [0.2, 0.25) is 0 Å². The maximum Gasteiger partial charge on any atom is 0.242 e. The number of ether oxygens (including phenoxy) is 1. The minimum atomic E-state index is -0.898. The minimum absolute atomic E-state index is 0.0862. The molecule has 0 spiro atoms. The Kier molecular flexibility index (Phi) is 5.03. The van der Waals surface area contributed by atoms with Crippen molar-refractivity contribution in [2.75, 3.05) is 26.3 Å². The average Bonchev–Trinajstić information content (AvgIpc) is 2.48. The average molecular weight is 284 g/mol. The van der Waals surface area contributed by atoms with E-state index in [1.165, 1.54) is 6.07 Å². The fourth-order valence-corrected chi connectivity index (χ4v) is 2.15. The van der Waals surface area contributed by atoms with Crippen LogP contribution in [0.25, 0.3) is 0 Å². The zero-order chi connectivity index (χ0) is 14.5. The van der Waals surface area contributed by atoms with E-state index in [4.69, 9.17) is 4.74 Å². The topological polar surface area (TPSA) is 41.6 Å². The molecule has 1 saturated heterocycles. The largest absolute Gasteiger partial charge is 0.378 e. The van der Waals surface area contributed by atoms with Gasteiger partial charge < -0.3 is 15.0 Å². The molecule has 1 fully saturated rings. The van der Waals surface area contributed by atoms with Crippen LogP contribution in [0.5, 0.6) is 0 Å². The number of morpholine rings is 1. The molecule has 1 aromatic rings. The van der Waals surface area contributed by atoms with Crippen LogP contribution >= 0.6 is 0 Å². The van der Waals surface area contributed by atoms with E-state index in [2.05, 4.69) is 5.32 Å². The molecule has 6 heteroatoms. The number of rotatable bonds is 4. The molecule has 2 rings (SSSR count). The normalized spacial score (nSPS) is 18.9. The molecule has 0 saturated carbocycles. The van der Waals surface area contributed by atoms with E-state index in [1.807, 2.05) is 6.92 Å². The number of carbonyl (C=O) groups excluding carboxylic acids is 1. The summed E-state index contributed by atoms with van der Waals surface area (Å²) in [4.78, 5) is 13.9. The third kappa shape index (κ3) is 3.52. The van der Waals surface area contributed by atoms with Gasteiger partial charge in [0.2, 0.25) is 5.91 Å². The van der Waals surface area contributed by atoms with Crippen LogP contribution in [0.3, 0.4) is 0 Å². The summed E-state index contributed by atoms with van der Waals surface area (Å²) in [5.41, 5.74) is 0.566. The van der Waals surface area contributed by atoms with Gasteiger partial charge in [0.15, 0.2) is 11.6 Å². The number of nitrogens with one attached hydrogen (secondary N) is 1. The molecule has 4 nitrogen and oxygen atoms in total. The first-order chi connectivity index (χ1) is 9.61. The number of halogens is 2. The highest BCUT2D eigenvalue weighted by Gasteiger charge is 2.25. The lowest BCUT2D eigenvalue weighted by molar-refractivity contribution is -0.136. The Morgan fingerprint density at radius 3 is 2.85 bits per heavy atom. The Hall–Kier alpha value is -1.53. The molecular weight excluding hydrogens is 266 g/mol. The summed E-state index contributed by atoms with van der Waals surface area (Å²) in [7, 11) is 0. The van der Waals surface area contributed by atoms with Crippen LogP contribution < -0.4 is 5.32 Å². The molecule has 1 heterocycles. The molecule has 0 radical (unpaired) electrons. The first-order valence-corrected chi connectivity index (χ1v) is 6.65. The lowest BCUT2D eigenvalue weighted by atomic mass is 10.1. The Bertz CT molecular complexity index is 476. The second kappa shape index (κ2) is 6.76. The first-order valence-electron chi connectivity index (χ1n) is 6.65. The predicted molar refractivity (Wildman–Crippen MR) is 70.1 cm³/mol. The highest BCUT2D eigenvalue weighted by Crippen LogP contribution is 2.12. The number of likely N-dealkylation sites (N-methyl/N-ethyl adjacent to an activating group) is 1. The molecule has 1 aliphatic rings. The lowest BCUT2D eigenvalue weighted by Crippen LogP contribution is -2.52. The van der Waals surface area contributed by atoms with Crippen LogP contribution in [-0.2, 0) is 16.1 Å². The van der Waals surface area contributed by atoms with Crippen molar-refractivity contribution in [1.82, 2.24) is 10.2 Å². The third-order valence-electron chi connectivity index (χ3n) is 3.27. The second-order valence-electron chi connectivity index (χ2n) is 4.68. The van der Waals surface area contributed by atoms with Gasteiger partial charge in [-0.1, -0.05) is 6.07 Å². The first kappa shape index (κ1) is 14.9. The molecule has 1 unspecified atom stereocenters. The highest BCUT2D eigenvalue weighted by molar-refractivity contribution is 5.82. The van der Waals surface area contributed by atoms with Gasteiger partial charge in [0.05, 0.1) is 13.2 Å². The molecule has 0 bridgehead atoms. The number of hydrogen-bond donors (Lipinski definition) is 1. The molecule has 1 aliphatic heterocycles. The zero-order valence-corrected chi connectivity index (χ0v) is 11.4. The Morgan fingerprint density at radius 1 is 1.45 bits per heavy atom. The summed E-state index contributed by atoms with van der Waals surface area (Å²) >= 11 is 0. The smallest absolute Gasteiger partial charge is 0.242 e. The maximum atomic E-state index is 13.2. The number of benzene rings is 1. The molecule has 0 aromatic heterocycles. The standard InChI is InChI=1S/C14H18F2N2O2/c1-2-18(14(19)13-9-20-6-5-17-13)8-10-3-4-11(15)12(16)7-10/h3-4,7,13,17H,2,5-6,8-9H2,1H3. The maximum absolute atomic E-state index is 13.2. The fraction of sp³-hybridized carbons (Fsp3) is 0.500. The van der Waals surface area contributed by atoms with E-state index in [0.717, 1.165) is 12.1 Å². The van der Waals surface area contributed by atoms with Crippen LogP contribution in [0, 0.1) is 11.6 Å². The van der Waals surface area contributed by atoms with Gasteiger partial charge in [-0.25, -0.2) is 8.78 Å². The SMILES string of the molecule is CCN(Cc1ccc(F)c(F)c1)C(=O)C1COCCN1. The van der Waals surface area contributed by atoms with E-state index < -0.39 is 11.6 Å². The van der Waals surface area contributed by atoms with Gasteiger partial charge in [0.25, 0.3) is 0 Å². The van der Waals surface area contributed by atoms with E-state index >= 15 is 0 Å². The molecule has 110 valence electrons. The van der Waals surface area contributed by atoms with Crippen molar-refractivity contribution in [3.63, 3.8) is 0 Å². The molecule has 1 aromatic carbocycles. The van der Waals surface area contributed by atoms with E-state index in [-0.39, 0.29) is 18.5 Å². The second-order valence-corrected chi connectivity index (χ2v) is 4.68. The molecule has 1 atom stereocenters. The van der Waals surface area contributed by atoms with Gasteiger partial charge in [-0.2, -0.15) is 0 Å². The number of nitrogens with zero attached hydrogens (tertiary/aromatic N) is 1. The van der Waals surface area contributed by atoms with E-state index in [9.17, 15) is 13.6 Å². The van der Waals surface area contributed by atoms with E-state index in [0.29, 0.717) is 31.9 Å². The van der Waals surface area contributed by atoms with Crippen molar-refractivity contribution in [3.05, 3.63) is 35.4 Å². The quantitative estimate of drug-likeness (QED) is 0.906. The summed E-state index contributed by atoms with van der Waals surface area (Å²) in [5, 5.41) is 3.09. The Labute approximate surface area is 116 Å². The number of hydrogen-bond acceptors (Lipinski definition) is 3. The van der Waals surface area contributed by atoms with Gasteiger partial charge >= 0.3 is 0 Å². The van der Waals surface area contributed by atoms with Gasteiger partial charge in [0, 0.05) is 19.6 Å². The van der Waals surface area contributed by atoms with Crippen LogP contribution in [0.4, 0.5) is 8.78 Å². The Balaban J connectivity index is 2.03. The van der Waals surface area contributed by atoms with Crippen LogP contribution in [0.1, 0.15) is 12.5 Å². The minimum Gasteiger partial charge on any atom is -0.378 e. The van der Waals surface area contributed by atoms with E-state index in [1.54, 1.807) is 4.90 Å². The lowest BCUT2D eigenvalue weighted by Gasteiger charge is -2.29. The molecule has 1 amide bonds. The number of amides is 1. The molecule has 20 heavy (non-hydrogen) atoms. The van der Waals surface area contributed by atoms with Crippen molar-refractivity contribution in [3.8, 4) is 0 Å². The van der Waals surface area contributed by atoms with Gasteiger partial charge in [0.1, 0.15) is 6.04 Å². The van der Waals surface area contributed by atoms with Crippen LogP contribution in [0.15, 0.2) is 18.2 Å². The monoisotopic (exact) mass is 284 g/mol. The Morgan fingerprint density at radius 2 is 2.25 bits per heavy atom. The van der Waals surface area contributed by atoms with Gasteiger partial charge in [-0.3, -0.25) is 4.79 Å². The highest BCUT2D eigenvalue weighted by atomic mass is 19.2. The summed E-state index contributed by atoms with van der Waals surface area (Å²) in [5.74, 6) is -1.87. The zero-order valence-electron chi connectivity index (χ0n) is 11.4.